The molecule has 0 radical (unpaired) electrons. The Morgan fingerprint density at radius 2 is 1.94 bits per heavy atom. The molecule has 1 atom stereocenters. The number of rotatable bonds is 6. The Morgan fingerprint density at radius 3 is 2.62 bits per heavy atom. The minimum atomic E-state index is -0.280. The third-order valence-corrected chi connectivity index (χ3v) is 6.35. The van der Waals surface area contributed by atoms with Crippen LogP contribution >= 0.6 is 0 Å². The van der Waals surface area contributed by atoms with Gasteiger partial charge in [-0.1, -0.05) is 26.0 Å². The SMILES string of the molecule is CC(C)CCNC(=O)C1CCN(C(=O)c2ncn3c2CO[C@@H](c2ccc(F)cc2)C3)CC1. The maximum absolute atomic E-state index is 13.2. The molecule has 1 aromatic carbocycles. The quantitative estimate of drug-likeness (QED) is 0.745. The predicted octanol–water partition coefficient (Wildman–Crippen LogP) is 3.31. The van der Waals surface area contributed by atoms with Crippen molar-refractivity contribution in [2.75, 3.05) is 19.6 Å². The standard InChI is InChI=1S/C24H31FN4O3/c1-16(2)7-10-26-23(30)18-8-11-28(12-9-18)24(31)22-20-14-32-21(13-29(20)15-27-22)17-3-5-19(25)6-4-17/h3-6,15-16,18,21H,7-14H2,1-2H3,(H,26,30)/t21-/m1/s1. The molecule has 2 amide bonds. The molecule has 1 saturated heterocycles. The molecule has 2 aliphatic heterocycles. The van der Waals surface area contributed by atoms with Gasteiger partial charge in [0, 0.05) is 25.6 Å². The van der Waals surface area contributed by atoms with Crippen molar-refractivity contribution in [2.24, 2.45) is 11.8 Å². The summed E-state index contributed by atoms with van der Waals surface area (Å²) in [6, 6.07) is 6.28. The Morgan fingerprint density at radius 1 is 1.22 bits per heavy atom. The van der Waals surface area contributed by atoms with Crippen molar-refractivity contribution >= 4 is 11.8 Å². The minimum Gasteiger partial charge on any atom is -0.365 e. The topological polar surface area (TPSA) is 76.5 Å². The van der Waals surface area contributed by atoms with Crippen molar-refractivity contribution < 1.29 is 18.7 Å². The van der Waals surface area contributed by atoms with Gasteiger partial charge in [-0.2, -0.15) is 0 Å². The van der Waals surface area contributed by atoms with Crippen LogP contribution in [-0.2, 0) is 22.7 Å². The van der Waals surface area contributed by atoms with E-state index in [9.17, 15) is 14.0 Å². The van der Waals surface area contributed by atoms with E-state index in [0.29, 0.717) is 50.6 Å². The van der Waals surface area contributed by atoms with E-state index in [-0.39, 0.29) is 36.3 Å². The fraction of sp³-hybridized carbons (Fsp3) is 0.542. The first-order valence-corrected chi connectivity index (χ1v) is 11.4. The van der Waals surface area contributed by atoms with Crippen LogP contribution in [0, 0.1) is 17.7 Å². The Balaban J connectivity index is 1.33. The van der Waals surface area contributed by atoms with Crippen molar-refractivity contribution in [3.05, 3.63) is 53.4 Å². The van der Waals surface area contributed by atoms with Gasteiger partial charge in [0.15, 0.2) is 5.69 Å². The first-order valence-electron chi connectivity index (χ1n) is 11.4. The van der Waals surface area contributed by atoms with E-state index < -0.39 is 0 Å². The van der Waals surface area contributed by atoms with E-state index in [0.717, 1.165) is 17.7 Å². The number of aromatic nitrogens is 2. The zero-order chi connectivity index (χ0) is 22.7. The number of benzene rings is 1. The number of amides is 2. The Bertz CT molecular complexity index is 949. The summed E-state index contributed by atoms with van der Waals surface area (Å²) >= 11 is 0. The number of ether oxygens (including phenoxy) is 1. The molecular weight excluding hydrogens is 411 g/mol. The summed E-state index contributed by atoms with van der Waals surface area (Å²) in [7, 11) is 0. The molecule has 8 heteroatoms. The molecule has 1 aromatic heterocycles. The molecule has 172 valence electrons. The third-order valence-electron chi connectivity index (χ3n) is 6.35. The molecule has 2 aliphatic rings. The lowest BCUT2D eigenvalue weighted by Crippen LogP contribution is -2.43. The van der Waals surface area contributed by atoms with E-state index in [2.05, 4.69) is 24.1 Å². The lowest BCUT2D eigenvalue weighted by Gasteiger charge is -2.31. The molecule has 32 heavy (non-hydrogen) atoms. The molecule has 7 nitrogen and oxygen atoms in total. The van der Waals surface area contributed by atoms with Gasteiger partial charge >= 0.3 is 0 Å². The van der Waals surface area contributed by atoms with Crippen molar-refractivity contribution in [3.8, 4) is 0 Å². The van der Waals surface area contributed by atoms with Crippen LogP contribution in [0.5, 0.6) is 0 Å². The maximum atomic E-state index is 13.2. The first kappa shape index (κ1) is 22.5. The number of hydrogen-bond acceptors (Lipinski definition) is 4. The molecule has 0 bridgehead atoms. The highest BCUT2D eigenvalue weighted by Gasteiger charge is 2.32. The van der Waals surface area contributed by atoms with Gasteiger partial charge in [0.1, 0.15) is 11.9 Å². The number of carbonyl (C=O) groups is 2. The summed E-state index contributed by atoms with van der Waals surface area (Å²) < 4.78 is 21.1. The number of hydrogen-bond donors (Lipinski definition) is 1. The van der Waals surface area contributed by atoms with Gasteiger partial charge < -0.3 is 19.5 Å². The fourth-order valence-corrected chi connectivity index (χ4v) is 4.31. The lowest BCUT2D eigenvalue weighted by molar-refractivity contribution is -0.126. The first-order chi connectivity index (χ1) is 15.4. The highest BCUT2D eigenvalue weighted by Crippen LogP contribution is 2.29. The molecular formula is C24H31FN4O3. The zero-order valence-corrected chi connectivity index (χ0v) is 18.7. The maximum Gasteiger partial charge on any atom is 0.274 e. The largest absolute Gasteiger partial charge is 0.365 e. The molecule has 2 aromatic rings. The Labute approximate surface area is 188 Å². The molecule has 4 rings (SSSR count). The van der Waals surface area contributed by atoms with Crippen LogP contribution < -0.4 is 5.32 Å². The molecule has 0 aliphatic carbocycles. The number of halogens is 1. The van der Waals surface area contributed by atoms with Gasteiger partial charge in [-0.05, 0) is 42.9 Å². The lowest BCUT2D eigenvalue weighted by atomic mass is 9.95. The zero-order valence-electron chi connectivity index (χ0n) is 18.7. The smallest absolute Gasteiger partial charge is 0.274 e. The number of fused-ring (bicyclic) bond motifs is 1. The normalized spacial score (nSPS) is 19.1. The van der Waals surface area contributed by atoms with Gasteiger partial charge in [0.25, 0.3) is 5.91 Å². The number of imidazole rings is 1. The van der Waals surface area contributed by atoms with Gasteiger partial charge in [0.05, 0.1) is 25.2 Å². The summed E-state index contributed by atoms with van der Waals surface area (Å²) in [6.45, 7) is 6.88. The molecule has 1 fully saturated rings. The van der Waals surface area contributed by atoms with E-state index in [1.807, 2.05) is 4.57 Å². The van der Waals surface area contributed by atoms with Crippen LogP contribution in [-0.4, -0.2) is 45.9 Å². The summed E-state index contributed by atoms with van der Waals surface area (Å²) in [5.74, 6) is 0.226. The fourth-order valence-electron chi connectivity index (χ4n) is 4.31. The third kappa shape index (κ3) is 5.01. The van der Waals surface area contributed by atoms with Crippen LogP contribution in [0.25, 0.3) is 0 Å². The van der Waals surface area contributed by atoms with E-state index in [1.165, 1.54) is 12.1 Å². The number of carbonyl (C=O) groups excluding carboxylic acids is 2. The van der Waals surface area contributed by atoms with Crippen LogP contribution in [0.1, 0.15) is 61.0 Å². The van der Waals surface area contributed by atoms with Gasteiger partial charge in [-0.25, -0.2) is 9.37 Å². The van der Waals surface area contributed by atoms with Crippen LogP contribution in [0.4, 0.5) is 4.39 Å². The monoisotopic (exact) mass is 442 g/mol. The second-order valence-corrected chi connectivity index (χ2v) is 9.08. The number of nitrogens with one attached hydrogen (secondary N) is 1. The average molecular weight is 443 g/mol. The molecule has 0 saturated carbocycles. The summed E-state index contributed by atoms with van der Waals surface area (Å²) in [5, 5.41) is 3.02. The van der Waals surface area contributed by atoms with Crippen molar-refractivity contribution in [2.45, 2.75) is 52.4 Å². The van der Waals surface area contributed by atoms with Crippen molar-refractivity contribution in [1.82, 2.24) is 19.8 Å². The van der Waals surface area contributed by atoms with Crippen molar-refractivity contribution in [3.63, 3.8) is 0 Å². The van der Waals surface area contributed by atoms with Crippen LogP contribution in [0.15, 0.2) is 30.6 Å². The summed E-state index contributed by atoms with van der Waals surface area (Å²) in [6.07, 6.45) is 3.77. The second kappa shape index (κ2) is 9.81. The number of piperidine rings is 1. The summed E-state index contributed by atoms with van der Waals surface area (Å²) in [5.41, 5.74) is 2.08. The average Bonchev–Trinajstić information content (AvgIpc) is 3.22. The van der Waals surface area contributed by atoms with Crippen LogP contribution in [0.2, 0.25) is 0 Å². The van der Waals surface area contributed by atoms with Crippen LogP contribution in [0.3, 0.4) is 0 Å². The number of likely N-dealkylation sites (tertiary alicyclic amines) is 1. The highest BCUT2D eigenvalue weighted by molar-refractivity contribution is 5.93. The van der Waals surface area contributed by atoms with E-state index in [1.54, 1.807) is 23.4 Å². The molecule has 1 N–H and O–H groups in total. The Kier molecular flexibility index (Phi) is 6.89. The minimum absolute atomic E-state index is 0.0399. The van der Waals surface area contributed by atoms with Gasteiger partial charge in [-0.3, -0.25) is 9.59 Å². The van der Waals surface area contributed by atoms with Gasteiger partial charge in [-0.15, -0.1) is 0 Å². The molecule has 3 heterocycles. The Hall–Kier alpha value is -2.74. The van der Waals surface area contributed by atoms with Crippen molar-refractivity contribution in [1.29, 1.82) is 0 Å². The number of nitrogens with zero attached hydrogens (tertiary/aromatic N) is 3. The summed E-state index contributed by atoms with van der Waals surface area (Å²) in [4.78, 5) is 31.6. The van der Waals surface area contributed by atoms with Gasteiger partial charge in [0.2, 0.25) is 5.91 Å². The highest BCUT2D eigenvalue weighted by atomic mass is 19.1. The predicted molar refractivity (Wildman–Crippen MR) is 117 cm³/mol. The molecule has 0 spiro atoms. The molecule has 0 unspecified atom stereocenters. The van der Waals surface area contributed by atoms with E-state index in [4.69, 9.17) is 4.74 Å². The van der Waals surface area contributed by atoms with E-state index >= 15 is 0 Å². The second-order valence-electron chi connectivity index (χ2n) is 9.08.